The fourth-order valence-electron chi connectivity index (χ4n) is 4.98. The Balaban J connectivity index is 1.58. The number of alkyl halides is 2. The van der Waals surface area contributed by atoms with E-state index in [0.29, 0.717) is 28.3 Å². The summed E-state index contributed by atoms with van der Waals surface area (Å²) in [5, 5.41) is 0.487. The number of benzene rings is 2. The summed E-state index contributed by atoms with van der Waals surface area (Å²) in [6.07, 6.45) is 3.74. The maximum Gasteiger partial charge on any atom is 0.387 e. The van der Waals surface area contributed by atoms with E-state index >= 15 is 0 Å². The fraction of sp³-hybridized carbons (Fsp3) is 0.269. The summed E-state index contributed by atoms with van der Waals surface area (Å²) in [6.45, 7) is -1.06. The van der Waals surface area contributed by atoms with Gasteiger partial charge in [0.25, 0.3) is 5.91 Å². The highest BCUT2D eigenvalue weighted by atomic mass is 35.5. The Morgan fingerprint density at radius 1 is 1.19 bits per heavy atom. The van der Waals surface area contributed by atoms with E-state index in [0.717, 1.165) is 11.1 Å². The van der Waals surface area contributed by atoms with Crippen molar-refractivity contribution >= 4 is 23.5 Å². The van der Waals surface area contributed by atoms with Gasteiger partial charge in [0.2, 0.25) is 0 Å². The number of guanidine groups is 1. The molecule has 1 aromatic heterocycles. The second-order valence-corrected chi connectivity index (χ2v) is 9.67. The van der Waals surface area contributed by atoms with Crippen molar-refractivity contribution in [2.24, 2.45) is 10.7 Å². The quantitative estimate of drug-likeness (QED) is 0.532. The Kier molecular flexibility index (Phi) is 5.83. The molecule has 3 heterocycles. The number of carbonyl (C=O) groups is 1. The van der Waals surface area contributed by atoms with Gasteiger partial charge in [-0.05, 0) is 48.4 Å². The number of likely N-dealkylation sites (N-methyl/N-ethyl adjacent to an activating group) is 1. The van der Waals surface area contributed by atoms with Crippen LogP contribution in [-0.4, -0.2) is 41.0 Å². The first-order valence-electron chi connectivity index (χ1n) is 11.2. The zero-order valence-corrected chi connectivity index (χ0v) is 20.3. The van der Waals surface area contributed by atoms with E-state index < -0.39 is 17.8 Å². The molecule has 2 aromatic carbocycles. The van der Waals surface area contributed by atoms with E-state index in [-0.39, 0.29) is 24.0 Å². The standard InChI is InChI=1S/C26H23ClF2N4O3/c1-25(11-15-4-3-5-19(8-15)35-23(28)29)14-26(22(34)33(2)24(30)32-26)20-10-16(6-7-21(20)36-25)17-9-18(27)13-31-12-17/h3-10,12-13,23H,11,14H2,1-2H3,(H2,30,32)/t25-,26-/m1/s1. The number of nitrogens with two attached hydrogens (primary N) is 1. The minimum absolute atomic E-state index is 0.0516. The highest BCUT2D eigenvalue weighted by molar-refractivity contribution is 6.30. The third-order valence-corrected chi connectivity index (χ3v) is 6.67. The maximum atomic E-state index is 13.6. The molecule has 7 nitrogen and oxygen atoms in total. The Bertz CT molecular complexity index is 1380. The van der Waals surface area contributed by atoms with Crippen LogP contribution in [0.1, 0.15) is 24.5 Å². The van der Waals surface area contributed by atoms with Crippen molar-refractivity contribution in [2.45, 2.75) is 37.5 Å². The van der Waals surface area contributed by atoms with Crippen LogP contribution in [0.3, 0.4) is 0 Å². The number of carbonyl (C=O) groups excluding carboxylic acids is 1. The van der Waals surface area contributed by atoms with Gasteiger partial charge in [-0.1, -0.05) is 29.8 Å². The molecule has 10 heteroatoms. The molecule has 3 aromatic rings. The number of nitrogens with zero attached hydrogens (tertiary/aromatic N) is 3. The molecule has 5 rings (SSSR count). The Labute approximate surface area is 211 Å². The molecule has 0 saturated carbocycles. The normalized spacial score (nSPS) is 23.0. The van der Waals surface area contributed by atoms with Crippen LogP contribution in [0.5, 0.6) is 11.5 Å². The van der Waals surface area contributed by atoms with Gasteiger partial charge in [-0.2, -0.15) is 8.78 Å². The molecular formula is C26H23ClF2N4O3. The topological polar surface area (TPSA) is 90.0 Å². The van der Waals surface area contributed by atoms with Crippen LogP contribution >= 0.6 is 11.6 Å². The summed E-state index contributed by atoms with van der Waals surface area (Å²) in [5.74, 6) is 0.377. The van der Waals surface area contributed by atoms with Crippen LogP contribution in [0.4, 0.5) is 8.78 Å². The summed E-state index contributed by atoms with van der Waals surface area (Å²) in [5.41, 5.74) is 6.77. The zero-order chi connectivity index (χ0) is 25.7. The van der Waals surface area contributed by atoms with E-state index in [1.807, 2.05) is 19.1 Å². The SMILES string of the molecule is CN1C(=O)[C@]2(C[C@@](C)(Cc3cccc(OC(F)F)c3)Oc3ccc(-c4cncc(Cl)c4)cc32)N=C1N. The van der Waals surface area contributed by atoms with Crippen molar-refractivity contribution in [3.63, 3.8) is 0 Å². The number of rotatable bonds is 5. The van der Waals surface area contributed by atoms with Gasteiger partial charge in [0, 0.05) is 43.4 Å². The lowest BCUT2D eigenvalue weighted by atomic mass is 9.74. The van der Waals surface area contributed by atoms with Crippen LogP contribution in [0, 0.1) is 0 Å². The van der Waals surface area contributed by atoms with Gasteiger partial charge in [0.1, 0.15) is 17.1 Å². The minimum Gasteiger partial charge on any atom is -0.487 e. The lowest BCUT2D eigenvalue weighted by Gasteiger charge is -2.43. The molecule has 0 fully saturated rings. The van der Waals surface area contributed by atoms with Gasteiger partial charge >= 0.3 is 6.61 Å². The van der Waals surface area contributed by atoms with Gasteiger partial charge < -0.3 is 15.2 Å². The molecule has 1 amide bonds. The van der Waals surface area contributed by atoms with Crippen LogP contribution in [-0.2, 0) is 16.8 Å². The Morgan fingerprint density at radius 3 is 2.69 bits per heavy atom. The van der Waals surface area contributed by atoms with Crippen molar-refractivity contribution in [2.75, 3.05) is 7.05 Å². The average Bonchev–Trinajstić information content (AvgIpc) is 3.02. The van der Waals surface area contributed by atoms with Gasteiger partial charge in [0.15, 0.2) is 11.5 Å². The summed E-state index contributed by atoms with van der Waals surface area (Å²) in [7, 11) is 1.58. The van der Waals surface area contributed by atoms with Crippen LogP contribution in [0.15, 0.2) is 65.9 Å². The van der Waals surface area contributed by atoms with E-state index in [1.165, 1.54) is 11.0 Å². The van der Waals surface area contributed by atoms with Gasteiger partial charge in [-0.25, -0.2) is 4.99 Å². The highest BCUT2D eigenvalue weighted by Gasteiger charge is 2.56. The summed E-state index contributed by atoms with van der Waals surface area (Å²) < 4.78 is 36.4. The number of hydrogen-bond acceptors (Lipinski definition) is 6. The van der Waals surface area contributed by atoms with E-state index in [9.17, 15) is 13.6 Å². The van der Waals surface area contributed by atoms with Gasteiger partial charge in [-0.3, -0.25) is 14.7 Å². The lowest BCUT2D eigenvalue weighted by Crippen LogP contribution is -2.51. The summed E-state index contributed by atoms with van der Waals surface area (Å²) in [4.78, 5) is 23.8. The smallest absolute Gasteiger partial charge is 0.387 e. The summed E-state index contributed by atoms with van der Waals surface area (Å²) >= 11 is 6.14. The number of aliphatic imine (C=N–C) groups is 1. The molecule has 1 spiro atoms. The van der Waals surface area contributed by atoms with Gasteiger partial charge in [-0.15, -0.1) is 0 Å². The van der Waals surface area contributed by atoms with Crippen molar-refractivity contribution in [1.29, 1.82) is 0 Å². The molecule has 0 radical (unpaired) electrons. The second kappa shape index (κ2) is 8.74. The van der Waals surface area contributed by atoms with Crippen molar-refractivity contribution < 1.29 is 23.0 Å². The van der Waals surface area contributed by atoms with E-state index in [1.54, 1.807) is 49.8 Å². The number of fused-ring (bicyclic) bond motifs is 2. The highest BCUT2D eigenvalue weighted by Crippen LogP contribution is 2.50. The van der Waals surface area contributed by atoms with Crippen LogP contribution < -0.4 is 15.2 Å². The molecule has 2 aliphatic rings. The number of aromatic nitrogens is 1. The van der Waals surface area contributed by atoms with E-state index in [2.05, 4.69) is 14.7 Å². The first kappa shape index (κ1) is 24.0. The molecule has 0 bridgehead atoms. The first-order chi connectivity index (χ1) is 17.1. The molecule has 2 atom stereocenters. The third-order valence-electron chi connectivity index (χ3n) is 6.46. The fourth-order valence-corrected chi connectivity index (χ4v) is 5.16. The van der Waals surface area contributed by atoms with Crippen LogP contribution in [0.25, 0.3) is 11.1 Å². The monoisotopic (exact) mass is 512 g/mol. The molecule has 186 valence electrons. The molecule has 0 saturated heterocycles. The number of pyridine rings is 1. The number of ether oxygens (including phenoxy) is 2. The molecular weight excluding hydrogens is 490 g/mol. The maximum absolute atomic E-state index is 13.6. The molecule has 0 aliphatic carbocycles. The molecule has 0 unspecified atom stereocenters. The van der Waals surface area contributed by atoms with Gasteiger partial charge in [0.05, 0.1) is 5.02 Å². The predicted molar refractivity (Wildman–Crippen MR) is 131 cm³/mol. The molecule has 36 heavy (non-hydrogen) atoms. The zero-order valence-electron chi connectivity index (χ0n) is 19.5. The summed E-state index contributed by atoms with van der Waals surface area (Å²) in [6, 6.07) is 13.7. The largest absolute Gasteiger partial charge is 0.487 e. The molecule has 2 aliphatic heterocycles. The predicted octanol–water partition coefficient (Wildman–Crippen LogP) is 4.77. The average molecular weight is 513 g/mol. The number of amides is 1. The van der Waals surface area contributed by atoms with Crippen molar-refractivity contribution in [3.8, 4) is 22.6 Å². The first-order valence-corrected chi connectivity index (χ1v) is 11.6. The second-order valence-electron chi connectivity index (χ2n) is 9.23. The van der Waals surface area contributed by atoms with Crippen LogP contribution in [0.2, 0.25) is 5.02 Å². The van der Waals surface area contributed by atoms with Crippen molar-refractivity contribution in [1.82, 2.24) is 9.88 Å². The van der Waals surface area contributed by atoms with Crippen molar-refractivity contribution in [3.05, 3.63) is 77.1 Å². The van der Waals surface area contributed by atoms with E-state index in [4.69, 9.17) is 22.1 Å². The lowest BCUT2D eigenvalue weighted by molar-refractivity contribution is -0.133. The number of halogens is 3. The molecule has 2 N–H and O–H groups in total. The Morgan fingerprint density at radius 2 is 2.00 bits per heavy atom. The minimum atomic E-state index is -2.93. The Hall–Kier alpha value is -3.72. The number of hydrogen-bond donors (Lipinski definition) is 1. The third kappa shape index (κ3) is 4.24.